The van der Waals surface area contributed by atoms with Crippen LogP contribution in [0.2, 0.25) is 0 Å². The predicted octanol–water partition coefficient (Wildman–Crippen LogP) is 2.95. The smallest absolute Gasteiger partial charge is 0.299 e. The summed E-state index contributed by atoms with van der Waals surface area (Å²) in [5.74, 6) is 0.561. The van der Waals surface area contributed by atoms with Crippen LogP contribution in [-0.2, 0) is 19.1 Å². The zero-order chi connectivity index (χ0) is 19.1. The molecule has 0 bridgehead atoms. The molecule has 3 heterocycles. The van der Waals surface area contributed by atoms with Crippen LogP contribution in [0, 0.1) is 6.92 Å². The van der Waals surface area contributed by atoms with Crippen molar-refractivity contribution in [2.24, 2.45) is 0 Å². The van der Waals surface area contributed by atoms with E-state index >= 15 is 0 Å². The van der Waals surface area contributed by atoms with E-state index in [0.29, 0.717) is 23.5 Å². The highest BCUT2D eigenvalue weighted by atomic mass is 19.4. The molecule has 0 fully saturated rings. The second-order valence-corrected chi connectivity index (χ2v) is 6.53. The van der Waals surface area contributed by atoms with E-state index in [4.69, 9.17) is 0 Å². The molecule has 3 rings (SSSR count). The Morgan fingerprint density at radius 1 is 1.31 bits per heavy atom. The summed E-state index contributed by atoms with van der Waals surface area (Å²) in [6.45, 7) is 7.84. The molecule has 5 nitrogen and oxygen atoms in total. The lowest BCUT2D eigenvalue weighted by atomic mass is 10.1. The number of aromatic nitrogens is 3. The molecular formula is C18H21F3N4O. The number of hydrogen-bond acceptors (Lipinski definition) is 4. The minimum atomic E-state index is -4.48. The monoisotopic (exact) mass is 366 g/mol. The Balaban J connectivity index is 2.00. The molecule has 0 saturated carbocycles. The molecule has 2 aromatic heterocycles. The standard InChI is InChI=1S/C18H21F3N4O/c1-4-24-8-7-15-14(10-24)17(26)25(12(3)23-15)11(2)13-5-6-16(22-9-13)18(19,20)21/h5-6,9,11H,4,7-8,10H2,1-3H3. The minimum absolute atomic E-state index is 0.127. The van der Waals surface area contributed by atoms with Gasteiger partial charge < -0.3 is 0 Å². The van der Waals surface area contributed by atoms with Crippen LogP contribution in [0.3, 0.4) is 0 Å². The van der Waals surface area contributed by atoms with Crippen LogP contribution < -0.4 is 5.56 Å². The Morgan fingerprint density at radius 2 is 2.04 bits per heavy atom. The number of nitrogens with zero attached hydrogens (tertiary/aromatic N) is 4. The van der Waals surface area contributed by atoms with Crippen molar-refractivity contribution >= 4 is 0 Å². The maximum atomic E-state index is 13.0. The largest absolute Gasteiger partial charge is 0.433 e. The third kappa shape index (κ3) is 3.38. The van der Waals surface area contributed by atoms with Crippen molar-refractivity contribution in [3.63, 3.8) is 0 Å². The molecule has 0 radical (unpaired) electrons. The van der Waals surface area contributed by atoms with E-state index in [9.17, 15) is 18.0 Å². The summed E-state index contributed by atoms with van der Waals surface area (Å²) in [5.41, 5.74) is 0.965. The van der Waals surface area contributed by atoms with Gasteiger partial charge in [0.1, 0.15) is 11.5 Å². The Bertz CT molecular complexity index is 858. The highest BCUT2D eigenvalue weighted by Crippen LogP contribution is 2.28. The van der Waals surface area contributed by atoms with E-state index in [0.717, 1.165) is 31.3 Å². The minimum Gasteiger partial charge on any atom is -0.299 e. The summed E-state index contributed by atoms with van der Waals surface area (Å²) in [6.07, 6.45) is -2.57. The molecule has 1 aliphatic heterocycles. The van der Waals surface area contributed by atoms with Crippen molar-refractivity contribution in [2.75, 3.05) is 13.1 Å². The van der Waals surface area contributed by atoms with E-state index < -0.39 is 17.9 Å². The second kappa shape index (κ2) is 6.83. The number of alkyl halides is 3. The molecule has 1 unspecified atom stereocenters. The summed E-state index contributed by atoms with van der Waals surface area (Å²) in [6, 6.07) is 1.85. The van der Waals surface area contributed by atoms with Crippen molar-refractivity contribution in [1.82, 2.24) is 19.4 Å². The molecule has 0 aromatic carbocycles. The van der Waals surface area contributed by atoms with Crippen LogP contribution in [0.5, 0.6) is 0 Å². The number of halogens is 3. The van der Waals surface area contributed by atoms with E-state index in [1.807, 2.05) is 6.92 Å². The van der Waals surface area contributed by atoms with Gasteiger partial charge in [-0.2, -0.15) is 13.2 Å². The lowest BCUT2D eigenvalue weighted by Gasteiger charge is -2.28. The molecule has 140 valence electrons. The van der Waals surface area contributed by atoms with Crippen LogP contribution in [0.25, 0.3) is 0 Å². The first kappa shape index (κ1) is 18.6. The second-order valence-electron chi connectivity index (χ2n) is 6.53. The van der Waals surface area contributed by atoms with Gasteiger partial charge in [-0.1, -0.05) is 13.0 Å². The van der Waals surface area contributed by atoms with E-state index in [-0.39, 0.29) is 5.56 Å². The summed E-state index contributed by atoms with van der Waals surface area (Å²) >= 11 is 0. The van der Waals surface area contributed by atoms with Gasteiger partial charge in [-0.05, 0) is 32.0 Å². The lowest BCUT2D eigenvalue weighted by molar-refractivity contribution is -0.141. The van der Waals surface area contributed by atoms with E-state index in [1.165, 1.54) is 12.3 Å². The molecule has 0 N–H and O–H groups in total. The molecule has 0 saturated heterocycles. The Kier molecular flexibility index (Phi) is 4.88. The van der Waals surface area contributed by atoms with Gasteiger partial charge in [0.25, 0.3) is 5.56 Å². The van der Waals surface area contributed by atoms with Gasteiger partial charge in [0.05, 0.1) is 17.3 Å². The van der Waals surface area contributed by atoms with Gasteiger partial charge >= 0.3 is 6.18 Å². The summed E-state index contributed by atoms with van der Waals surface area (Å²) in [5, 5.41) is 0. The van der Waals surface area contributed by atoms with Crippen molar-refractivity contribution in [3.05, 3.63) is 57.0 Å². The molecule has 0 aliphatic carbocycles. The highest BCUT2D eigenvalue weighted by molar-refractivity contribution is 5.25. The molecule has 2 aromatic rings. The predicted molar refractivity (Wildman–Crippen MR) is 90.9 cm³/mol. The number of likely N-dealkylation sites (N-methyl/N-ethyl adjacent to an activating group) is 1. The zero-order valence-corrected chi connectivity index (χ0v) is 15.0. The molecule has 0 amide bonds. The van der Waals surface area contributed by atoms with Crippen molar-refractivity contribution < 1.29 is 13.2 Å². The topological polar surface area (TPSA) is 51.0 Å². The summed E-state index contributed by atoms with van der Waals surface area (Å²) < 4.78 is 39.6. The number of hydrogen-bond donors (Lipinski definition) is 0. The average molecular weight is 366 g/mol. The third-order valence-electron chi connectivity index (χ3n) is 4.91. The van der Waals surface area contributed by atoms with Gasteiger partial charge in [-0.15, -0.1) is 0 Å². The number of pyridine rings is 1. The average Bonchev–Trinajstić information content (AvgIpc) is 2.60. The van der Waals surface area contributed by atoms with Crippen LogP contribution in [0.4, 0.5) is 13.2 Å². The SMILES string of the molecule is CCN1CCc2nc(C)n(C(C)c3ccc(C(F)(F)F)nc3)c(=O)c2C1. The molecule has 26 heavy (non-hydrogen) atoms. The maximum absolute atomic E-state index is 13.0. The van der Waals surface area contributed by atoms with Crippen LogP contribution in [0.15, 0.2) is 23.1 Å². The lowest BCUT2D eigenvalue weighted by Crippen LogP contribution is -2.39. The Morgan fingerprint density at radius 3 is 2.62 bits per heavy atom. The summed E-state index contributed by atoms with van der Waals surface area (Å²) in [7, 11) is 0. The molecular weight excluding hydrogens is 345 g/mol. The third-order valence-corrected chi connectivity index (χ3v) is 4.91. The fourth-order valence-electron chi connectivity index (χ4n) is 3.36. The zero-order valence-electron chi connectivity index (χ0n) is 15.0. The summed E-state index contributed by atoms with van der Waals surface area (Å²) in [4.78, 5) is 23.3. The Hall–Kier alpha value is -2.22. The fourth-order valence-corrected chi connectivity index (χ4v) is 3.36. The fraction of sp³-hybridized carbons (Fsp3) is 0.500. The van der Waals surface area contributed by atoms with Crippen LogP contribution >= 0.6 is 0 Å². The van der Waals surface area contributed by atoms with Gasteiger partial charge in [-0.3, -0.25) is 19.2 Å². The normalized spacial score (nSPS) is 16.4. The Labute approximate surface area is 149 Å². The van der Waals surface area contributed by atoms with Gasteiger partial charge in [0.15, 0.2) is 0 Å². The first-order valence-corrected chi connectivity index (χ1v) is 8.58. The van der Waals surface area contributed by atoms with Gasteiger partial charge in [0.2, 0.25) is 0 Å². The molecule has 1 aliphatic rings. The first-order chi connectivity index (χ1) is 12.2. The van der Waals surface area contributed by atoms with Crippen molar-refractivity contribution in [3.8, 4) is 0 Å². The quantitative estimate of drug-likeness (QED) is 0.838. The highest BCUT2D eigenvalue weighted by Gasteiger charge is 2.32. The van der Waals surface area contributed by atoms with Crippen LogP contribution in [-0.4, -0.2) is 32.5 Å². The van der Waals surface area contributed by atoms with Gasteiger partial charge in [-0.25, -0.2) is 4.98 Å². The molecule has 0 spiro atoms. The van der Waals surface area contributed by atoms with Gasteiger partial charge in [0, 0.05) is 25.7 Å². The first-order valence-electron chi connectivity index (χ1n) is 8.58. The number of fused-ring (bicyclic) bond motifs is 1. The van der Waals surface area contributed by atoms with E-state index in [2.05, 4.69) is 14.9 Å². The number of rotatable bonds is 3. The maximum Gasteiger partial charge on any atom is 0.433 e. The number of aryl methyl sites for hydroxylation is 1. The van der Waals surface area contributed by atoms with Crippen molar-refractivity contribution in [2.45, 2.75) is 46.0 Å². The van der Waals surface area contributed by atoms with Crippen molar-refractivity contribution in [1.29, 1.82) is 0 Å². The van der Waals surface area contributed by atoms with E-state index in [1.54, 1.807) is 18.4 Å². The van der Waals surface area contributed by atoms with Crippen LogP contribution in [0.1, 0.15) is 48.2 Å². The molecule has 1 atom stereocenters. The molecule has 8 heteroatoms.